The van der Waals surface area contributed by atoms with Crippen LogP contribution in [0.3, 0.4) is 0 Å². The molecule has 1 unspecified atom stereocenters. The molecule has 2 heterocycles. The molecular weight excluding hydrogens is 385 g/mol. The zero-order valence-corrected chi connectivity index (χ0v) is 16.0. The van der Waals surface area contributed by atoms with Gasteiger partial charge in [0.1, 0.15) is 11.5 Å². The number of nitrogens with one attached hydrogen (secondary N) is 2. The Bertz CT molecular complexity index is 1110. The van der Waals surface area contributed by atoms with Crippen LogP contribution >= 0.6 is 0 Å². The fourth-order valence-electron chi connectivity index (χ4n) is 2.72. The van der Waals surface area contributed by atoms with E-state index in [0.717, 1.165) is 5.56 Å². The minimum atomic E-state index is -1.41. The zero-order chi connectivity index (χ0) is 21.3. The minimum Gasteiger partial charge on any atom is -0.348 e. The Labute approximate surface area is 164 Å². The summed E-state index contributed by atoms with van der Waals surface area (Å²) in [5.74, 6) is -5.66. The van der Waals surface area contributed by atoms with Gasteiger partial charge in [0.2, 0.25) is 0 Å². The monoisotopic (exact) mass is 404 g/mol. The topological polar surface area (TPSA) is 75.5 Å². The molecule has 3 rings (SSSR count). The van der Waals surface area contributed by atoms with Crippen LogP contribution in [0, 0.1) is 24.4 Å². The summed E-state index contributed by atoms with van der Waals surface area (Å²) >= 11 is 0. The summed E-state index contributed by atoms with van der Waals surface area (Å²) in [5.41, 5.74) is 0.564. The van der Waals surface area contributed by atoms with Gasteiger partial charge in [0, 0.05) is 18.3 Å². The van der Waals surface area contributed by atoms with Gasteiger partial charge in [0.05, 0.1) is 5.56 Å². The first-order valence-corrected chi connectivity index (χ1v) is 8.96. The molecule has 0 spiro atoms. The predicted molar refractivity (Wildman–Crippen MR) is 101 cm³/mol. The van der Waals surface area contributed by atoms with Crippen LogP contribution in [0.2, 0.25) is 0 Å². The summed E-state index contributed by atoms with van der Waals surface area (Å²) in [5, 5.41) is 5.12. The second-order valence-corrected chi connectivity index (χ2v) is 6.73. The Hall–Kier alpha value is -3.36. The van der Waals surface area contributed by atoms with Crippen LogP contribution in [0.25, 0.3) is 5.65 Å². The molecule has 0 bridgehead atoms. The Morgan fingerprint density at radius 3 is 2.48 bits per heavy atom. The first kappa shape index (κ1) is 20.4. The van der Waals surface area contributed by atoms with E-state index in [4.69, 9.17) is 0 Å². The SMILES string of the molecule is CCC(C)NC(=O)c1c(NC(=O)c2cc(F)c(F)cc2F)nc2ccc(C)cn12. The highest BCUT2D eigenvalue weighted by Gasteiger charge is 2.24. The number of aromatic nitrogens is 2. The largest absolute Gasteiger partial charge is 0.348 e. The summed E-state index contributed by atoms with van der Waals surface area (Å²) in [7, 11) is 0. The average Bonchev–Trinajstić information content (AvgIpc) is 3.01. The minimum absolute atomic E-state index is 0.0420. The Kier molecular flexibility index (Phi) is 5.58. The first-order valence-electron chi connectivity index (χ1n) is 8.96. The quantitative estimate of drug-likeness (QED) is 0.635. The van der Waals surface area contributed by atoms with E-state index in [1.807, 2.05) is 20.8 Å². The Balaban J connectivity index is 2.04. The van der Waals surface area contributed by atoms with Gasteiger partial charge in [0.15, 0.2) is 23.1 Å². The fraction of sp³-hybridized carbons (Fsp3) is 0.250. The van der Waals surface area contributed by atoms with Gasteiger partial charge in [-0.3, -0.25) is 14.0 Å². The molecule has 6 nitrogen and oxygen atoms in total. The van der Waals surface area contributed by atoms with Gasteiger partial charge >= 0.3 is 0 Å². The molecule has 0 aliphatic heterocycles. The van der Waals surface area contributed by atoms with Crippen molar-refractivity contribution in [3.05, 3.63) is 64.7 Å². The van der Waals surface area contributed by atoms with Crippen molar-refractivity contribution in [1.29, 1.82) is 0 Å². The number of amides is 2. The molecule has 0 aliphatic rings. The van der Waals surface area contributed by atoms with Crippen LogP contribution in [0.1, 0.15) is 46.7 Å². The lowest BCUT2D eigenvalue weighted by Crippen LogP contribution is -2.33. The number of anilines is 1. The van der Waals surface area contributed by atoms with Gasteiger partial charge in [-0.2, -0.15) is 0 Å². The number of imidazole rings is 1. The van der Waals surface area contributed by atoms with Gasteiger partial charge < -0.3 is 10.6 Å². The zero-order valence-electron chi connectivity index (χ0n) is 16.0. The number of carbonyl (C=O) groups excluding carboxylic acids is 2. The van der Waals surface area contributed by atoms with E-state index in [0.29, 0.717) is 18.1 Å². The molecular formula is C20H19F3N4O2. The van der Waals surface area contributed by atoms with Gasteiger partial charge in [-0.25, -0.2) is 18.2 Å². The highest BCUT2D eigenvalue weighted by molar-refractivity contribution is 6.08. The van der Waals surface area contributed by atoms with Crippen LogP contribution in [-0.4, -0.2) is 27.2 Å². The van der Waals surface area contributed by atoms with E-state index >= 15 is 0 Å². The van der Waals surface area contributed by atoms with Gasteiger partial charge in [-0.05, 0) is 38.0 Å². The molecule has 2 aromatic heterocycles. The van der Waals surface area contributed by atoms with E-state index in [1.54, 1.807) is 18.3 Å². The molecule has 0 radical (unpaired) electrons. The van der Waals surface area contributed by atoms with Gasteiger partial charge in [0.25, 0.3) is 11.8 Å². The number of hydrogen-bond donors (Lipinski definition) is 2. The maximum Gasteiger partial charge on any atom is 0.272 e. The molecule has 0 saturated heterocycles. The summed E-state index contributed by atoms with van der Waals surface area (Å²) in [6.07, 6.45) is 2.35. The number of rotatable bonds is 5. The molecule has 1 atom stereocenters. The Morgan fingerprint density at radius 2 is 1.79 bits per heavy atom. The number of nitrogens with zero attached hydrogens (tertiary/aromatic N) is 2. The van der Waals surface area contributed by atoms with Gasteiger partial charge in [-0.15, -0.1) is 0 Å². The van der Waals surface area contributed by atoms with Crippen molar-refractivity contribution in [1.82, 2.24) is 14.7 Å². The second kappa shape index (κ2) is 7.94. The molecule has 0 fully saturated rings. The molecule has 1 aromatic carbocycles. The Morgan fingerprint density at radius 1 is 1.10 bits per heavy atom. The molecule has 29 heavy (non-hydrogen) atoms. The lowest BCUT2D eigenvalue weighted by molar-refractivity contribution is 0.0934. The number of benzene rings is 1. The highest BCUT2D eigenvalue weighted by atomic mass is 19.2. The van der Waals surface area contributed by atoms with E-state index < -0.39 is 34.8 Å². The first-order chi connectivity index (χ1) is 13.7. The third-order valence-corrected chi connectivity index (χ3v) is 4.46. The molecule has 0 saturated carbocycles. The van der Waals surface area contributed by atoms with Crippen molar-refractivity contribution >= 4 is 23.3 Å². The van der Waals surface area contributed by atoms with Crippen molar-refractivity contribution in [3.8, 4) is 0 Å². The number of fused-ring (bicyclic) bond motifs is 1. The van der Waals surface area contributed by atoms with Crippen LogP contribution in [0.4, 0.5) is 19.0 Å². The smallest absolute Gasteiger partial charge is 0.272 e. The predicted octanol–water partition coefficient (Wildman–Crippen LogP) is 3.84. The molecule has 3 aromatic rings. The van der Waals surface area contributed by atoms with Crippen LogP contribution in [0.5, 0.6) is 0 Å². The summed E-state index contributed by atoms with van der Waals surface area (Å²) in [6.45, 7) is 5.55. The van der Waals surface area contributed by atoms with Crippen molar-refractivity contribution in [2.75, 3.05) is 5.32 Å². The fourth-order valence-corrected chi connectivity index (χ4v) is 2.72. The second-order valence-electron chi connectivity index (χ2n) is 6.73. The number of pyridine rings is 1. The van der Waals surface area contributed by atoms with E-state index in [1.165, 1.54) is 4.40 Å². The van der Waals surface area contributed by atoms with E-state index in [-0.39, 0.29) is 23.6 Å². The molecule has 2 amide bonds. The molecule has 2 N–H and O–H groups in total. The number of carbonyl (C=O) groups is 2. The average molecular weight is 404 g/mol. The number of aryl methyl sites for hydroxylation is 1. The van der Waals surface area contributed by atoms with E-state index in [2.05, 4.69) is 15.6 Å². The maximum absolute atomic E-state index is 13.9. The number of halogens is 3. The van der Waals surface area contributed by atoms with Crippen LogP contribution < -0.4 is 10.6 Å². The van der Waals surface area contributed by atoms with Crippen molar-refractivity contribution in [2.24, 2.45) is 0 Å². The maximum atomic E-state index is 13.9. The molecule has 0 aliphatic carbocycles. The lowest BCUT2D eigenvalue weighted by Gasteiger charge is -2.13. The highest BCUT2D eigenvalue weighted by Crippen LogP contribution is 2.21. The van der Waals surface area contributed by atoms with Crippen LogP contribution in [-0.2, 0) is 0 Å². The third kappa shape index (κ3) is 4.08. The van der Waals surface area contributed by atoms with Gasteiger partial charge in [-0.1, -0.05) is 13.0 Å². The normalized spacial score (nSPS) is 12.1. The third-order valence-electron chi connectivity index (χ3n) is 4.46. The molecule has 9 heteroatoms. The van der Waals surface area contributed by atoms with Crippen molar-refractivity contribution in [2.45, 2.75) is 33.2 Å². The summed E-state index contributed by atoms with van der Waals surface area (Å²) < 4.78 is 42.0. The van der Waals surface area contributed by atoms with Crippen molar-refractivity contribution in [3.63, 3.8) is 0 Å². The number of hydrogen-bond acceptors (Lipinski definition) is 3. The lowest BCUT2D eigenvalue weighted by atomic mass is 10.2. The van der Waals surface area contributed by atoms with Crippen LogP contribution in [0.15, 0.2) is 30.5 Å². The molecule has 152 valence electrons. The summed E-state index contributed by atoms with van der Waals surface area (Å²) in [4.78, 5) is 29.5. The van der Waals surface area contributed by atoms with E-state index in [9.17, 15) is 22.8 Å². The summed E-state index contributed by atoms with van der Waals surface area (Å²) in [6, 6.07) is 4.04. The van der Waals surface area contributed by atoms with Crippen molar-refractivity contribution < 1.29 is 22.8 Å². The standard InChI is InChI=1S/C20H19F3N4O2/c1-4-11(3)24-20(29)17-18(25-16-6-5-10(2)9-27(16)17)26-19(28)12-7-14(22)15(23)8-13(12)21/h5-9,11H,4H2,1-3H3,(H,24,29)(H,26,28).